The average molecular weight is 301 g/mol. The van der Waals surface area contributed by atoms with Crippen LogP contribution in [0.15, 0.2) is 23.1 Å². The minimum atomic E-state index is -3.96. The molecule has 7 heteroatoms. The topological polar surface area (TPSA) is 89.3 Å². The van der Waals surface area contributed by atoms with E-state index in [1.165, 1.54) is 6.07 Å². The van der Waals surface area contributed by atoms with Gasteiger partial charge in [0.25, 0.3) is 0 Å². The fourth-order valence-corrected chi connectivity index (χ4v) is 3.18. The number of benzene rings is 1. The summed E-state index contributed by atoms with van der Waals surface area (Å²) in [5.41, 5.74) is 5.69. The Morgan fingerprint density at radius 3 is 2.74 bits per heavy atom. The van der Waals surface area contributed by atoms with Gasteiger partial charge in [0.05, 0.1) is 5.02 Å². The second-order valence-corrected chi connectivity index (χ2v) is 5.93. The Hall–Kier alpha value is -1.55. The van der Waals surface area contributed by atoms with Crippen LogP contribution in [0.4, 0.5) is 0 Å². The van der Waals surface area contributed by atoms with E-state index in [9.17, 15) is 13.2 Å². The third kappa shape index (κ3) is 3.70. The molecule has 0 fully saturated rings. The number of rotatable bonds is 5. The highest BCUT2D eigenvalue weighted by Crippen LogP contribution is 2.24. The molecule has 102 valence electrons. The molecule has 0 aliphatic rings. The fourth-order valence-electron chi connectivity index (χ4n) is 1.40. The van der Waals surface area contributed by atoms with Crippen LogP contribution in [-0.4, -0.2) is 20.4 Å². The first-order chi connectivity index (χ1) is 8.79. The monoisotopic (exact) mass is 300 g/mol. The lowest BCUT2D eigenvalue weighted by molar-refractivity contribution is -0.119. The van der Waals surface area contributed by atoms with E-state index in [1.54, 1.807) is 19.1 Å². The third-order valence-corrected chi connectivity index (χ3v) is 4.54. The van der Waals surface area contributed by atoms with Gasteiger partial charge in [-0.2, -0.15) is 4.72 Å². The molecule has 1 amide bonds. The van der Waals surface area contributed by atoms with E-state index >= 15 is 0 Å². The van der Waals surface area contributed by atoms with Gasteiger partial charge in [-0.15, -0.1) is 12.3 Å². The smallest absolute Gasteiger partial charge is 0.242 e. The van der Waals surface area contributed by atoms with Crippen molar-refractivity contribution < 1.29 is 13.2 Å². The van der Waals surface area contributed by atoms with Crippen LogP contribution in [0.1, 0.15) is 12.0 Å². The highest BCUT2D eigenvalue weighted by atomic mass is 35.5. The van der Waals surface area contributed by atoms with Crippen LogP contribution >= 0.6 is 11.6 Å². The zero-order valence-electron chi connectivity index (χ0n) is 10.2. The maximum absolute atomic E-state index is 12.1. The first kappa shape index (κ1) is 15.5. The second-order valence-electron chi connectivity index (χ2n) is 3.87. The molecule has 0 radical (unpaired) electrons. The van der Waals surface area contributed by atoms with Gasteiger partial charge in [-0.3, -0.25) is 4.79 Å². The van der Waals surface area contributed by atoms with Crippen LogP contribution in [0, 0.1) is 19.3 Å². The lowest BCUT2D eigenvalue weighted by atomic mass is 10.2. The molecule has 1 rings (SSSR count). The molecule has 1 aromatic rings. The number of nitrogens with two attached hydrogens (primary N) is 1. The van der Waals surface area contributed by atoms with E-state index in [4.69, 9.17) is 23.8 Å². The van der Waals surface area contributed by atoms with Gasteiger partial charge < -0.3 is 5.73 Å². The standard InChI is InChI=1S/C12H13ClN2O3S/c1-3-5-9(12(14)16)15-19(17,18)10-7-4-6-8(2)11(10)13/h1,4,6-7,9,15H,5H2,2H3,(H2,14,16)/t9-/m1/s1. The Morgan fingerprint density at radius 1 is 1.58 bits per heavy atom. The molecular weight excluding hydrogens is 288 g/mol. The number of terminal acetylenes is 1. The summed E-state index contributed by atoms with van der Waals surface area (Å²) >= 11 is 5.94. The Bertz CT molecular complexity index is 635. The summed E-state index contributed by atoms with van der Waals surface area (Å²) in [5.74, 6) is 1.35. The summed E-state index contributed by atoms with van der Waals surface area (Å²) in [4.78, 5) is 11.0. The predicted octanol–water partition coefficient (Wildman–Crippen LogP) is 0.804. The number of amides is 1. The van der Waals surface area contributed by atoms with Crippen LogP contribution in [0.25, 0.3) is 0 Å². The number of carbonyl (C=O) groups excluding carboxylic acids is 1. The summed E-state index contributed by atoms with van der Waals surface area (Å²) in [6, 6.07) is 3.41. The fraction of sp³-hybridized carbons (Fsp3) is 0.250. The molecule has 0 heterocycles. The first-order valence-corrected chi connectivity index (χ1v) is 7.16. The van der Waals surface area contributed by atoms with Gasteiger partial charge in [0, 0.05) is 6.42 Å². The van der Waals surface area contributed by atoms with Crippen molar-refractivity contribution >= 4 is 27.5 Å². The number of sulfonamides is 1. The van der Waals surface area contributed by atoms with Crippen molar-refractivity contribution in [3.05, 3.63) is 28.8 Å². The van der Waals surface area contributed by atoms with Crippen LogP contribution in [0.5, 0.6) is 0 Å². The minimum Gasteiger partial charge on any atom is -0.368 e. The van der Waals surface area contributed by atoms with Crippen molar-refractivity contribution in [2.45, 2.75) is 24.3 Å². The van der Waals surface area contributed by atoms with Gasteiger partial charge in [0.15, 0.2) is 0 Å². The van der Waals surface area contributed by atoms with Gasteiger partial charge in [-0.05, 0) is 18.6 Å². The molecule has 0 unspecified atom stereocenters. The van der Waals surface area contributed by atoms with Crippen molar-refractivity contribution in [1.82, 2.24) is 4.72 Å². The van der Waals surface area contributed by atoms with E-state index in [0.717, 1.165) is 0 Å². The molecular formula is C12H13ClN2O3S. The average Bonchev–Trinajstić information content (AvgIpc) is 2.31. The molecule has 3 N–H and O–H groups in total. The van der Waals surface area contributed by atoms with Gasteiger partial charge in [-0.25, -0.2) is 8.42 Å². The number of halogens is 1. The van der Waals surface area contributed by atoms with Gasteiger partial charge in [0.2, 0.25) is 15.9 Å². The molecule has 0 saturated carbocycles. The third-order valence-electron chi connectivity index (χ3n) is 2.41. The normalized spacial score (nSPS) is 12.7. The van der Waals surface area contributed by atoms with Crippen LogP contribution < -0.4 is 10.5 Å². The predicted molar refractivity (Wildman–Crippen MR) is 72.9 cm³/mol. The van der Waals surface area contributed by atoms with E-state index in [1.807, 2.05) is 0 Å². The quantitative estimate of drug-likeness (QED) is 0.788. The van der Waals surface area contributed by atoms with Crippen molar-refractivity contribution in [3.8, 4) is 12.3 Å². The van der Waals surface area contributed by atoms with Crippen molar-refractivity contribution in [2.24, 2.45) is 5.73 Å². The van der Waals surface area contributed by atoms with Crippen molar-refractivity contribution in [3.63, 3.8) is 0 Å². The number of carbonyl (C=O) groups is 1. The molecule has 0 aromatic heterocycles. The Morgan fingerprint density at radius 2 is 2.21 bits per heavy atom. The molecule has 1 atom stereocenters. The molecule has 0 aliphatic heterocycles. The number of aryl methyl sites for hydroxylation is 1. The van der Waals surface area contributed by atoms with Gasteiger partial charge in [-0.1, -0.05) is 23.7 Å². The highest BCUT2D eigenvalue weighted by Gasteiger charge is 2.25. The lowest BCUT2D eigenvalue weighted by Crippen LogP contribution is -2.44. The molecule has 1 aromatic carbocycles. The molecule has 19 heavy (non-hydrogen) atoms. The van der Waals surface area contributed by atoms with E-state index in [-0.39, 0.29) is 16.3 Å². The first-order valence-electron chi connectivity index (χ1n) is 5.30. The summed E-state index contributed by atoms with van der Waals surface area (Å²) in [7, 11) is -3.96. The maximum atomic E-state index is 12.1. The molecule has 5 nitrogen and oxygen atoms in total. The maximum Gasteiger partial charge on any atom is 0.242 e. The number of primary amides is 1. The summed E-state index contributed by atoms with van der Waals surface area (Å²) in [5, 5.41) is 0.0962. The molecule has 0 spiro atoms. The largest absolute Gasteiger partial charge is 0.368 e. The molecule has 0 aliphatic carbocycles. The molecule has 0 saturated heterocycles. The van der Waals surface area contributed by atoms with Crippen molar-refractivity contribution in [1.29, 1.82) is 0 Å². The number of hydrogen-bond acceptors (Lipinski definition) is 3. The van der Waals surface area contributed by atoms with Crippen LogP contribution in [0.3, 0.4) is 0 Å². The Labute approximate surface area is 117 Å². The lowest BCUT2D eigenvalue weighted by Gasteiger charge is -2.14. The zero-order chi connectivity index (χ0) is 14.6. The number of hydrogen-bond donors (Lipinski definition) is 2. The van der Waals surface area contributed by atoms with E-state index in [0.29, 0.717) is 5.56 Å². The minimum absolute atomic E-state index is 0.0962. The van der Waals surface area contributed by atoms with E-state index < -0.39 is 22.0 Å². The SMILES string of the molecule is C#CC[C@@H](NS(=O)(=O)c1cccc(C)c1Cl)C(N)=O. The summed E-state index contributed by atoms with van der Waals surface area (Å²) in [6.07, 6.45) is 4.93. The second kappa shape index (κ2) is 6.06. The summed E-state index contributed by atoms with van der Waals surface area (Å²) in [6.45, 7) is 1.67. The Kier molecular flexibility index (Phi) is 4.95. The summed E-state index contributed by atoms with van der Waals surface area (Å²) < 4.78 is 26.4. The van der Waals surface area contributed by atoms with Gasteiger partial charge in [0.1, 0.15) is 10.9 Å². The van der Waals surface area contributed by atoms with Crippen molar-refractivity contribution in [2.75, 3.05) is 0 Å². The van der Waals surface area contributed by atoms with Crippen LogP contribution in [0.2, 0.25) is 5.02 Å². The zero-order valence-corrected chi connectivity index (χ0v) is 11.8. The van der Waals surface area contributed by atoms with Gasteiger partial charge >= 0.3 is 0 Å². The highest BCUT2D eigenvalue weighted by molar-refractivity contribution is 7.89. The van der Waals surface area contributed by atoms with Crippen LogP contribution in [-0.2, 0) is 14.8 Å². The van der Waals surface area contributed by atoms with E-state index in [2.05, 4.69) is 10.6 Å². The molecule has 0 bridgehead atoms. The Balaban J connectivity index is 3.15. The number of nitrogens with one attached hydrogen (secondary N) is 1.